The van der Waals surface area contributed by atoms with Crippen molar-refractivity contribution in [1.29, 1.82) is 5.26 Å². The lowest BCUT2D eigenvalue weighted by Gasteiger charge is -1.97. The monoisotopic (exact) mass is 167 g/mol. The molecule has 0 aliphatic carbocycles. The first-order chi connectivity index (χ1) is 5.43. The van der Waals surface area contributed by atoms with Crippen LogP contribution in [0.5, 0.6) is 0 Å². The third-order valence-electron chi connectivity index (χ3n) is 1.29. The Morgan fingerprint density at radius 3 is 3.18 bits per heavy atom. The molecule has 0 atom stereocenters. The van der Waals surface area contributed by atoms with Crippen LogP contribution in [0, 0.1) is 10.7 Å². The molecule has 4 heteroatoms. The molecule has 1 rings (SSSR count). The van der Waals surface area contributed by atoms with Crippen molar-refractivity contribution in [2.24, 2.45) is 0 Å². The highest BCUT2D eigenvalue weighted by Crippen LogP contribution is 2.00. The summed E-state index contributed by atoms with van der Waals surface area (Å²) in [7, 11) is 0. The van der Waals surface area contributed by atoms with Crippen LogP contribution >= 0.6 is 11.8 Å². The van der Waals surface area contributed by atoms with Gasteiger partial charge < -0.3 is 4.57 Å². The van der Waals surface area contributed by atoms with E-state index >= 15 is 0 Å². The van der Waals surface area contributed by atoms with Crippen LogP contribution in [0.1, 0.15) is 6.42 Å². The van der Waals surface area contributed by atoms with E-state index in [1.165, 1.54) is 11.8 Å². The summed E-state index contributed by atoms with van der Waals surface area (Å²) in [6.07, 6.45) is 6.50. The van der Waals surface area contributed by atoms with E-state index in [1.54, 1.807) is 12.5 Å². The molecule has 0 saturated heterocycles. The summed E-state index contributed by atoms with van der Waals surface area (Å²) in [6.45, 7) is 0.953. The Morgan fingerprint density at radius 1 is 1.64 bits per heavy atom. The maximum absolute atomic E-state index is 8.22. The van der Waals surface area contributed by atoms with E-state index in [2.05, 4.69) is 4.98 Å². The first-order valence-electron chi connectivity index (χ1n) is 3.40. The summed E-state index contributed by atoms with van der Waals surface area (Å²) in [5, 5.41) is 10.3. The molecule has 0 aliphatic rings. The first-order valence-corrected chi connectivity index (χ1v) is 4.38. The third kappa shape index (κ3) is 3.10. The zero-order valence-electron chi connectivity index (χ0n) is 6.10. The van der Waals surface area contributed by atoms with E-state index in [0.29, 0.717) is 0 Å². The highest BCUT2D eigenvalue weighted by Gasteiger charge is 1.89. The lowest BCUT2D eigenvalue weighted by atomic mass is 10.5. The van der Waals surface area contributed by atoms with Crippen LogP contribution in [0.3, 0.4) is 0 Å². The van der Waals surface area contributed by atoms with Gasteiger partial charge >= 0.3 is 0 Å². The molecule has 0 amide bonds. The highest BCUT2D eigenvalue weighted by molar-refractivity contribution is 8.03. The average molecular weight is 167 g/mol. The van der Waals surface area contributed by atoms with Crippen LogP contribution in [0.15, 0.2) is 18.7 Å². The summed E-state index contributed by atoms with van der Waals surface area (Å²) in [5.74, 6) is 0.898. The minimum atomic E-state index is 0.898. The number of thioether (sulfide) groups is 1. The molecule has 0 bridgehead atoms. The number of nitriles is 1. The van der Waals surface area contributed by atoms with Gasteiger partial charge in [-0.1, -0.05) is 0 Å². The average Bonchev–Trinajstić information content (AvgIpc) is 2.50. The van der Waals surface area contributed by atoms with Crippen molar-refractivity contribution in [3.63, 3.8) is 0 Å². The fourth-order valence-electron chi connectivity index (χ4n) is 0.784. The van der Waals surface area contributed by atoms with E-state index < -0.39 is 0 Å². The lowest BCUT2D eigenvalue weighted by Crippen LogP contribution is -1.94. The van der Waals surface area contributed by atoms with Crippen molar-refractivity contribution in [2.45, 2.75) is 13.0 Å². The summed E-state index contributed by atoms with van der Waals surface area (Å²) >= 11 is 1.30. The molecule has 11 heavy (non-hydrogen) atoms. The van der Waals surface area contributed by atoms with Gasteiger partial charge in [0.1, 0.15) is 5.40 Å². The number of aryl methyl sites for hydroxylation is 1. The smallest absolute Gasteiger partial charge is 0.133 e. The summed E-state index contributed by atoms with van der Waals surface area (Å²) in [5.41, 5.74) is 0. The van der Waals surface area contributed by atoms with Gasteiger partial charge in [-0.3, -0.25) is 0 Å². The Labute approximate surface area is 70.0 Å². The topological polar surface area (TPSA) is 41.6 Å². The maximum atomic E-state index is 8.22. The second-order valence-electron chi connectivity index (χ2n) is 2.09. The van der Waals surface area contributed by atoms with Gasteiger partial charge in [-0.15, -0.1) is 0 Å². The van der Waals surface area contributed by atoms with Gasteiger partial charge in [-0.2, -0.15) is 5.26 Å². The Bertz CT molecular complexity index is 224. The number of rotatable bonds is 4. The third-order valence-corrected chi connectivity index (χ3v) is 1.91. The van der Waals surface area contributed by atoms with Gasteiger partial charge in [0, 0.05) is 24.7 Å². The minimum Gasteiger partial charge on any atom is -0.337 e. The number of imidazole rings is 1. The number of thiocyanates is 1. The standard InChI is InChI=1S/C7H9N3S/c8-6-11-5-1-3-10-4-2-9-7-10/h2,4,7H,1,3,5H2. The van der Waals surface area contributed by atoms with E-state index in [1.807, 2.05) is 16.2 Å². The van der Waals surface area contributed by atoms with E-state index in [-0.39, 0.29) is 0 Å². The molecule has 0 saturated carbocycles. The molecule has 0 N–H and O–H groups in total. The Morgan fingerprint density at radius 2 is 2.55 bits per heavy atom. The van der Waals surface area contributed by atoms with E-state index in [0.717, 1.165) is 18.7 Å². The SMILES string of the molecule is N#CSCCCn1ccnc1. The van der Waals surface area contributed by atoms with Crippen molar-refractivity contribution in [3.8, 4) is 5.40 Å². The molecule has 1 aromatic rings. The number of nitrogens with zero attached hydrogens (tertiary/aromatic N) is 3. The largest absolute Gasteiger partial charge is 0.337 e. The lowest BCUT2D eigenvalue weighted by molar-refractivity contribution is 0.684. The van der Waals surface area contributed by atoms with Crippen LogP contribution in [0.2, 0.25) is 0 Å². The Balaban J connectivity index is 2.10. The summed E-state index contributed by atoms with van der Waals surface area (Å²) in [4.78, 5) is 3.91. The van der Waals surface area contributed by atoms with Crippen molar-refractivity contribution in [2.75, 3.05) is 5.75 Å². The molecule has 0 radical (unpaired) electrons. The molecule has 1 aromatic heterocycles. The van der Waals surface area contributed by atoms with Crippen molar-refractivity contribution >= 4 is 11.8 Å². The van der Waals surface area contributed by atoms with Crippen molar-refractivity contribution < 1.29 is 0 Å². The molecule has 0 spiro atoms. The number of hydrogen-bond acceptors (Lipinski definition) is 3. The van der Waals surface area contributed by atoms with Crippen LogP contribution in [-0.2, 0) is 6.54 Å². The fourth-order valence-corrected chi connectivity index (χ4v) is 1.15. The molecule has 0 aliphatic heterocycles. The maximum Gasteiger partial charge on any atom is 0.133 e. The second kappa shape index (κ2) is 4.80. The zero-order chi connectivity index (χ0) is 7.94. The van der Waals surface area contributed by atoms with E-state index in [9.17, 15) is 0 Å². The zero-order valence-corrected chi connectivity index (χ0v) is 6.92. The number of hydrogen-bond donors (Lipinski definition) is 0. The highest BCUT2D eigenvalue weighted by atomic mass is 32.2. The normalized spacial score (nSPS) is 9.36. The Kier molecular flexibility index (Phi) is 3.56. The number of aromatic nitrogens is 2. The van der Waals surface area contributed by atoms with Gasteiger partial charge in [0.2, 0.25) is 0 Å². The first kappa shape index (κ1) is 8.15. The van der Waals surface area contributed by atoms with Gasteiger partial charge in [0.25, 0.3) is 0 Å². The second-order valence-corrected chi connectivity index (χ2v) is 2.97. The Hall–Kier alpha value is -0.950. The predicted molar refractivity (Wildman–Crippen MR) is 44.9 cm³/mol. The van der Waals surface area contributed by atoms with Crippen LogP contribution < -0.4 is 0 Å². The van der Waals surface area contributed by atoms with Crippen LogP contribution in [0.25, 0.3) is 0 Å². The van der Waals surface area contributed by atoms with Gasteiger partial charge in [0.05, 0.1) is 6.33 Å². The van der Waals surface area contributed by atoms with Crippen molar-refractivity contribution in [3.05, 3.63) is 18.7 Å². The molecular formula is C7H9N3S. The summed E-state index contributed by atoms with van der Waals surface area (Å²) < 4.78 is 2.01. The summed E-state index contributed by atoms with van der Waals surface area (Å²) in [6, 6.07) is 0. The van der Waals surface area contributed by atoms with Crippen molar-refractivity contribution in [1.82, 2.24) is 9.55 Å². The molecule has 0 aromatic carbocycles. The molecule has 3 nitrogen and oxygen atoms in total. The molecule has 1 heterocycles. The fraction of sp³-hybridized carbons (Fsp3) is 0.429. The van der Waals surface area contributed by atoms with Crippen LogP contribution in [0.4, 0.5) is 0 Å². The molecule has 58 valence electrons. The predicted octanol–water partition coefficient (Wildman–Crippen LogP) is 1.49. The quantitative estimate of drug-likeness (QED) is 0.504. The molecule has 0 fully saturated rings. The van der Waals surface area contributed by atoms with Gasteiger partial charge in [0.15, 0.2) is 0 Å². The molecule has 0 unspecified atom stereocenters. The van der Waals surface area contributed by atoms with E-state index in [4.69, 9.17) is 5.26 Å². The van der Waals surface area contributed by atoms with Gasteiger partial charge in [-0.25, -0.2) is 4.98 Å². The van der Waals surface area contributed by atoms with Crippen LogP contribution in [-0.4, -0.2) is 15.3 Å². The minimum absolute atomic E-state index is 0.898. The van der Waals surface area contributed by atoms with Gasteiger partial charge in [-0.05, 0) is 18.2 Å². The molecular weight excluding hydrogens is 158 g/mol.